The Kier molecular flexibility index (Phi) is 4.14. The number of benzene rings is 1. The van der Waals surface area contributed by atoms with E-state index in [-0.39, 0.29) is 5.91 Å². The molecule has 0 radical (unpaired) electrons. The van der Waals surface area contributed by atoms with Crippen molar-refractivity contribution in [2.24, 2.45) is 0 Å². The van der Waals surface area contributed by atoms with Gasteiger partial charge in [-0.1, -0.05) is 28.1 Å². The highest BCUT2D eigenvalue weighted by atomic mass is 79.9. The zero-order valence-electron chi connectivity index (χ0n) is 8.43. The van der Waals surface area contributed by atoms with Gasteiger partial charge >= 0.3 is 0 Å². The lowest BCUT2D eigenvalue weighted by atomic mass is 10.1. The molecule has 1 aromatic rings. The number of hydrogen-bond donors (Lipinski definition) is 1. The zero-order chi connectivity index (χ0) is 10.6. The van der Waals surface area contributed by atoms with Gasteiger partial charge < -0.3 is 5.32 Å². The van der Waals surface area contributed by atoms with Crippen LogP contribution in [-0.4, -0.2) is 11.2 Å². The summed E-state index contributed by atoms with van der Waals surface area (Å²) in [5.74, 6) is 0.0515. The average molecular weight is 256 g/mol. The van der Waals surface area contributed by atoms with Crippen LogP contribution in [0.2, 0.25) is 0 Å². The first-order chi connectivity index (χ1) is 6.63. The molecule has 2 nitrogen and oxygen atoms in total. The van der Waals surface area contributed by atoms with Gasteiger partial charge in [-0.2, -0.15) is 0 Å². The SMILES string of the molecule is Cc1ccc(C)c(NC(=O)CCBr)c1. The van der Waals surface area contributed by atoms with E-state index in [1.165, 1.54) is 0 Å². The molecule has 0 aliphatic carbocycles. The number of aryl methyl sites for hydroxylation is 2. The third-order valence-electron chi connectivity index (χ3n) is 1.99. The number of nitrogens with one attached hydrogen (secondary N) is 1. The monoisotopic (exact) mass is 255 g/mol. The van der Waals surface area contributed by atoms with Crippen molar-refractivity contribution in [3.63, 3.8) is 0 Å². The maximum absolute atomic E-state index is 11.3. The molecule has 0 aromatic heterocycles. The third kappa shape index (κ3) is 3.14. The number of halogens is 1. The van der Waals surface area contributed by atoms with Crippen molar-refractivity contribution in [3.8, 4) is 0 Å². The molecule has 76 valence electrons. The van der Waals surface area contributed by atoms with Crippen molar-refractivity contribution in [3.05, 3.63) is 29.3 Å². The molecule has 0 aliphatic rings. The molecule has 0 spiro atoms. The number of rotatable bonds is 3. The van der Waals surface area contributed by atoms with Gasteiger partial charge in [0.1, 0.15) is 0 Å². The molecule has 1 N–H and O–H groups in total. The van der Waals surface area contributed by atoms with E-state index in [9.17, 15) is 4.79 Å². The summed E-state index contributed by atoms with van der Waals surface area (Å²) in [7, 11) is 0. The van der Waals surface area contributed by atoms with Crippen LogP contribution in [0.15, 0.2) is 18.2 Å². The van der Waals surface area contributed by atoms with Crippen LogP contribution in [-0.2, 0) is 4.79 Å². The van der Waals surface area contributed by atoms with Crippen LogP contribution in [0.3, 0.4) is 0 Å². The van der Waals surface area contributed by atoms with Gasteiger partial charge in [0.05, 0.1) is 0 Å². The minimum atomic E-state index is 0.0515. The van der Waals surface area contributed by atoms with Gasteiger partial charge in [0, 0.05) is 17.4 Å². The Morgan fingerprint density at radius 1 is 1.43 bits per heavy atom. The highest BCUT2D eigenvalue weighted by Gasteiger charge is 2.03. The summed E-state index contributed by atoms with van der Waals surface area (Å²) >= 11 is 3.24. The van der Waals surface area contributed by atoms with Crippen LogP contribution >= 0.6 is 15.9 Å². The first-order valence-corrected chi connectivity index (χ1v) is 5.68. The fraction of sp³-hybridized carbons (Fsp3) is 0.364. The normalized spacial score (nSPS) is 9.93. The summed E-state index contributed by atoms with van der Waals surface area (Å²) in [6.07, 6.45) is 0.507. The lowest BCUT2D eigenvalue weighted by molar-refractivity contribution is -0.115. The van der Waals surface area contributed by atoms with Crippen molar-refractivity contribution in [1.82, 2.24) is 0 Å². The lowest BCUT2D eigenvalue weighted by Gasteiger charge is -2.08. The first-order valence-electron chi connectivity index (χ1n) is 4.56. The number of alkyl halides is 1. The van der Waals surface area contributed by atoms with E-state index in [2.05, 4.69) is 21.2 Å². The summed E-state index contributed by atoms with van der Waals surface area (Å²) < 4.78 is 0. The maximum Gasteiger partial charge on any atom is 0.225 e. The predicted octanol–water partition coefficient (Wildman–Crippen LogP) is 3.03. The molecule has 0 unspecified atom stereocenters. The molecule has 1 amide bonds. The van der Waals surface area contributed by atoms with E-state index in [0.29, 0.717) is 11.8 Å². The molecular formula is C11H14BrNO. The Morgan fingerprint density at radius 3 is 2.79 bits per heavy atom. The van der Waals surface area contributed by atoms with E-state index >= 15 is 0 Å². The number of amides is 1. The molecule has 0 atom stereocenters. The van der Waals surface area contributed by atoms with E-state index in [0.717, 1.165) is 16.8 Å². The fourth-order valence-electron chi connectivity index (χ4n) is 1.17. The van der Waals surface area contributed by atoms with Gasteiger partial charge in [0.25, 0.3) is 0 Å². The Bertz CT molecular complexity index is 336. The van der Waals surface area contributed by atoms with Crippen LogP contribution in [0.25, 0.3) is 0 Å². The molecular weight excluding hydrogens is 242 g/mol. The second kappa shape index (κ2) is 5.15. The minimum absolute atomic E-state index is 0.0515. The molecule has 0 aliphatic heterocycles. The number of carbonyl (C=O) groups excluding carboxylic acids is 1. The molecule has 14 heavy (non-hydrogen) atoms. The maximum atomic E-state index is 11.3. The smallest absolute Gasteiger partial charge is 0.225 e. The molecule has 0 saturated carbocycles. The second-order valence-electron chi connectivity index (χ2n) is 3.31. The Labute approximate surface area is 92.8 Å². The summed E-state index contributed by atoms with van der Waals surface area (Å²) in [5, 5.41) is 3.58. The average Bonchev–Trinajstić information content (AvgIpc) is 2.12. The van der Waals surface area contributed by atoms with E-state index in [1.54, 1.807) is 0 Å². The number of carbonyl (C=O) groups is 1. The zero-order valence-corrected chi connectivity index (χ0v) is 10.0. The number of hydrogen-bond acceptors (Lipinski definition) is 1. The minimum Gasteiger partial charge on any atom is -0.326 e. The molecule has 0 heterocycles. The van der Waals surface area contributed by atoms with Crippen LogP contribution in [0.1, 0.15) is 17.5 Å². The predicted molar refractivity (Wildman–Crippen MR) is 63.0 cm³/mol. The second-order valence-corrected chi connectivity index (χ2v) is 4.10. The van der Waals surface area contributed by atoms with Gasteiger partial charge in [0.2, 0.25) is 5.91 Å². The van der Waals surface area contributed by atoms with Gasteiger partial charge in [-0.15, -0.1) is 0 Å². The summed E-state index contributed by atoms with van der Waals surface area (Å²) in [4.78, 5) is 11.3. The molecule has 1 rings (SSSR count). The standard InChI is InChI=1S/C11H14BrNO/c1-8-3-4-9(2)10(7-8)13-11(14)5-6-12/h3-4,7H,5-6H2,1-2H3,(H,13,14). The Hall–Kier alpha value is -0.830. The lowest BCUT2D eigenvalue weighted by Crippen LogP contribution is -2.12. The summed E-state index contributed by atoms with van der Waals surface area (Å²) in [6, 6.07) is 6.04. The summed E-state index contributed by atoms with van der Waals surface area (Å²) in [6.45, 7) is 4.00. The quantitative estimate of drug-likeness (QED) is 0.827. The summed E-state index contributed by atoms with van der Waals surface area (Å²) in [5.41, 5.74) is 3.17. The number of anilines is 1. The van der Waals surface area contributed by atoms with E-state index in [4.69, 9.17) is 0 Å². The van der Waals surface area contributed by atoms with Crippen LogP contribution in [0.4, 0.5) is 5.69 Å². The van der Waals surface area contributed by atoms with Gasteiger partial charge in [-0.05, 0) is 31.0 Å². The van der Waals surface area contributed by atoms with Crippen molar-refractivity contribution >= 4 is 27.5 Å². The van der Waals surface area contributed by atoms with Crippen LogP contribution in [0.5, 0.6) is 0 Å². The molecule has 1 aromatic carbocycles. The fourth-order valence-corrected chi connectivity index (χ4v) is 1.53. The third-order valence-corrected chi connectivity index (χ3v) is 2.39. The van der Waals surface area contributed by atoms with Crippen molar-refractivity contribution in [1.29, 1.82) is 0 Å². The largest absolute Gasteiger partial charge is 0.326 e. The van der Waals surface area contributed by atoms with Crippen molar-refractivity contribution < 1.29 is 4.79 Å². The van der Waals surface area contributed by atoms with Crippen molar-refractivity contribution in [2.45, 2.75) is 20.3 Å². The Balaban J connectivity index is 2.75. The van der Waals surface area contributed by atoms with E-state index in [1.807, 2.05) is 32.0 Å². The molecule has 0 fully saturated rings. The van der Waals surface area contributed by atoms with Crippen LogP contribution in [0, 0.1) is 13.8 Å². The first kappa shape index (κ1) is 11.2. The van der Waals surface area contributed by atoms with Crippen molar-refractivity contribution in [2.75, 3.05) is 10.6 Å². The molecule has 3 heteroatoms. The van der Waals surface area contributed by atoms with Gasteiger partial charge in [-0.25, -0.2) is 0 Å². The Morgan fingerprint density at radius 2 is 2.14 bits per heavy atom. The highest BCUT2D eigenvalue weighted by Crippen LogP contribution is 2.16. The molecule has 0 bridgehead atoms. The van der Waals surface area contributed by atoms with Gasteiger partial charge in [-0.3, -0.25) is 4.79 Å². The van der Waals surface area contributed by atoms with Gasteiger partial charge in [0.15, 0.2) is 0 Å². The topological polar surface area (TPSA) is 29.1 Å². The molecule has 0 saturated heterocycles. The highest BCUT2D eigenvalue weighted by molar-refractivity contribution is 9.09. The van der Waals surface area contributed by atoms with Crippen LogP contribution < -0.4 is 5.32 Å². The van der Waals surface area contributed by atoms with E-state index < -0.39 is 0 Å².